The van der Waals surface area contributed by atoms with Crippen LogP contribution in [0.1, 0.15) is 26.7 Å². The van der Waals surface area contributed by atoms with E-state index in [4.69, 9.17) is 5.11 Å². The van der Waals surface area contributed by atoms with Crippen molar-refractivity contribution in [3.63, 3.8) is 0 Å². The fraction of sp³-hybridized carbons (Fsp3) is 0.889. The Hall–Kier alpha value is -0.660. The smallest absolute Gasteiger partial charge is 0.306 e. The van der Waals surface area contributed by atoms with E-state index >= 15 is 0 Å². The number of carbonyl (C=O) groups is 1. The molecule has 0 fully saturated rings. The lowest BCUT2D eigenvalue weighted by Gasteiger charge is -2.13. The minimum absolute atomic E-state index is 0.176. The number of sulfonamides is 1. The zero-order chi connectivity index (χ0) is 12.6. The molecule has 2 N–H and O–H groups in total. The Morgan fingerprint density at radius 3 is 2.50 bits per heavy atom. The lowest BCUT2D eigenvalue weighted by molar-refractivity contribution is -0.142. The van der Waals surface area contributed by atoms with Gasteiger partial charge in [0, 0.05) is 6.04 Å². The largest absolute Gasteiger partial charge is 0.466 e. The third-order valence-corrected chi connectivity index (χ3v) is 3.37. The van der Waals surface area contributed by atoms with Crippen LogP contribution in [0.25, 0.3) is 0 Å². The molecule has 0 spiro atoms. The van der Waals surface area contributed by atoms with Gasteiger partial charge in [-0.25, -0.2) is 13.1 Å². The Balaban J connectivity index is 4.10. The number of aliphatic hydroxyl groups is 1. The molecule has 0 bridgehead atoms. The first-order valence-electron chi connectivity index (χ1n) is 5.21. The molecule has 0 rings (SSSR count). The summed E-state index contributed by atoms with van der Waals surface area (Å²) in [5.41, 5.74) is 0. The molecular weight excluding hydrogens is 234 g/mol. The third kappa shape index (κ3) is 6.76. The van der Waals surface area contributed by atoms with Crippen LogP contribution in [-0.2, 0) is 19.6 Å². The van der Waals surface area contributed by atoms with Crippen molar-refractivity contribution in [1.82, 2.24) is 4.72 Å². The first-order chi connectivity index (χ1) is 7.45. The summed E-state index contributed by atoms with van der Waals surface area (Å²) in [6, 6.07) is -0.493. The third-order valence-electron chi connectivity index (χ3n) is 1.94. The molecule has 96 valence electrons. The van der Waals surface area contributed by atoms with Crippen LogP contribution < -0.4 is 4.72 Å². The lowest BCUT2D eigenvalue weighted by Crippen LogP contribution is -2.38. The molecular formula is C9H19NO5S. The molecule has 0 saturated heterocycles. The lowest BCUT2D eigenvalue weighted by atomic mass is 10.3. The Morgan fingerprint density at radius 2 is 2.06 bits per heavy atom. The highest BCUT2D eigenvalue weighted by atomic mass is 32.2. The van der Waals surface area contributed by atoms with E-state index in [1.54, 1.807) is 13.8 Å². The molecule has 0 aromatic heterocycles. The summed E-state index contributed by atoms with van der Waals surface area (Å²) in [4.78, 5) is 11.0. The maximum Gasteiger partial charge on any atom is 0.306 e. The molecule has 0 saturated carbocycles. The topological polar surface area (TPSA) is 92.7 Å². The molecule has 0 amide bonds. The van der Waals surface area contributed by atoms with Crippen LogP contribution in [0.15, 0.2) is 0 Å². The maximum atomic E-state index is 11.4. The molecule has 7 heteroatoms. The van der Waals surface area contributed by atoms with Gasteiger partial charge in [-0.05, 0) is 13.3 Å². The van der Waals surface area contributed by atoms with E-state index in [0.717, 1.165) is 0 Å². The number of aliphatic hydroxyl groups excluding tert-OH is 1. The Kier molecular flexibility index (Phi) is 7.27. The van der Waals surface area contributed by atoms with Crippen molar-refractivity contribution in [2.75, 3.05) is 19.0 Å². The van der Waals surface area contributed by atoms with Gasteiger partial charge in [-0.1, -0.05) is 6.92 Å². The molecule has 1 atom stereocenters. The molecule has 0 aliphatic carbocycles. The summed E-state index contributed by atoms with van der Waals surface area (Å²) >= 11 is 0. The molecule has 1 unspecified atom stereocenters. The van der Waals surface area contributed by atoms with Gasteiger partial charge < -0.3 is 9.84 Å². The second-order valence-electron chi connectivity index (χ2n) is 3.28. The molecule has 0 aliphatic heterocycles. The molecule has 16 heavy (non-hydrogen) atoms. The first kappa shape index (κ1) is 15.3. The zero-order valence-corrected chi connectivity index (χ0v) is 10.4. The van der Waals surface area contributed by atoms with Gasteiger partial charge in [0.05, 0.1) is 25.4 Å². The van der Waals surface area contributed by atoms with Gasteiger partial charge in [0.25, 0.3) is 0 Å². The number of hydrogen-bond donors (Lipinski definition) is 2. The average Bonchev–Trinajstić information content (AvgIpc) is 2.24. The van der Waals surface area contributed by atoms with Gasteiger partial charge in [-0.15, -0.1) is 0 Å². The highest BCUT2D eigenvalue weighted by Crippen LogP contribution is 1.97. The number of esters is 1. The predicted octanol–water partition coefficient (Wildman–Crippen LogP) is -0.370. The van der Waals surface area contributed by atoms with Gasteiger partial charge in [0.1, 0.15) is 0 Å². The first-order valence-corrected chi connectivity index (χ1v) is 6.86. The van der Waals surface area contributed by atoms with E-state index in [1.807, 2.05) is 0 Å². The van der Waals surface area contributed by atoms with Gasteiger partial charge in [-0.3, -0.25) is 4.79 Å². The number of ether oxygens (including phenoxy) is 1. The summed E-state index contributed by atoms with van der Waals surface area (Å²) < 4.78 is 29.8. The molecule has 0 aromatic carbocycles. The zero-order valence-electron chi connectivity index (χ0n) is 9.60. The second kappa shape index (κ2) is 7.59. The fourth-order valence-corrected chi connectivity index (χ4v) is 2.32. The number of carbonyl (C=O) groups excluding carboxylic acids is 1. The highest BCUT2D eigenvalue weighted by Gasteiger charge is 2.17. The Bertz CT molecular complexity index is 297. The van der Waals surface area contributed by atoms with Crippen molar-refractivity contribution in [2.24, 2.45) is 0 Å². The summed E-state index contributed by atoms with van der Waals surface area (Å²) in [6.07, 6.45) is 0.320. The predicted molar refractivity (Wildman–Crippen MR) is 59.3 cm³/mol. The normalized spacial score (nSPS) is 13.4. The van der Waals surface area contributed by atoms with Crippen LogP contribution in [0.5, 0.6) is 0 Å². The van der Waals surface area contributed by atoms with Crippen LogP contribution in [0, 0.1) is 0 Å². The summed E-state index contributed by atoms with van der Waals surface area (Å²) in [5, 5.41) is 8.83. The van der Waals surface area contributed by atoms with Gasteiger partial charge in [0.2, 0.25) is 10.0 Å². The van der Waals surface area contributed by atoms with E-state index in [2.05, 4.69) is 9.46 Å². The summed E-state index contributed by atoms with van der Waals surface area (Å²) in [5.74, 6) is -0.854. The van der Waals surface area contributed by atoms with E-state index < -0.39 is 22.0 Å². The molecule has 6 nitrogen and oxygen atoms in total. The quantitative estimate of drug-likeness (QED) is 0.576. The van der Waals surface area contributed by atoms with Crippen molar-refractivity contribution in [2.45, 2.75) is 32.7 Å². The molecule has 0 aromatic rings. The van der Waals surface area contributed by atoms with Crippen molar-refractivity contribution in [3.05, 3.63) is 0 Å². The molecule has 0 heterocycles. The van der Waals surface area contributed by atoms with Crippen LogP contribution >= 0.6 is 0 Å². The SMILES string of the molecule is CCOC(=O)CCS(=O)(=O)NC(CC)CO. The van der Waals surface area contributed by atoms with E-state index in [-0.39, 0.29) is 25.4 Å². The van der Waals surface area contributed by atoms with Gasteiger partial charge >= 0.3 is 5.97 Å². The highest BCUT2D eigenvalue weighted by molar-refractivity contribution is 7.89. The van der Waals surface area contributed by atoms with Crippen molar-refractivity contribution < 1.29 is 23.1 Å². The maximum absolute atomic E-state index is 11.4. The van der Waals surface area contributed by atoms with E-state index in [9.17, 15) is 13.2 Å². The van der Waals surface area contributed by atoms with Crippen LogP contribution in [0.3, 0.4) is 0 Å². The Labute approximate surface area is 96.0 Å². The molecule has 0 radical (unpaired) electrons. The van der Waals surface area contributed by atoms with Crippen molar-refractivity contribution in [1.29, 1.82) is 0 Å². The van der Waals surface area contributed by atoms with Crippen molar-refractivity contribution in [3.8, 4) is 0 Å². The number of hydrogen-bond acceptors (Lipinski definition) is 5. The van der Waals surface area contributed by atoms with Crippen LogP contribution in [0.2, 0.25) is 0 Å². The van der Waals surface area contributed by atoms with Crippen LogP contribution in [0.4, 0.5) is 0 Å². The van der Waals surface area contributed by atoms with Gasteiger partial charge in [-0.2, -0.15) is 0 Å². The summed E-state index contributed by atoms with van der Waals surface area (Å²) in [7, 11) is -3.53. The van der Waals surface area contributed by atoms with E-state index in [1.165, 1.54) is 0 Å². The van der Waals surface area contributed by atoms with Crippen molar-refractivity contribution >= 4 is 16.0 Å². The minimum Gasteiger partial charge on any atom is -0.466 e. The van der Waals surface area contributed by atoms with Crippen LogP contribution in [-0.4, -0.2) is 44.5 Å². The minimum atomic E-state index is -3.53. The van der Waals surface area contributed by atoms with Gasteiger partial charge in [0.15, 0.2) is 0 Å². The second-order valence-corrected chi connectivity index (χ2v) is 5.15. The summed E-state index contributed by atoms with van der Waals surface area (Å²) in [6.45, 7) is 3.40. The standard InChI is InChI=1S/C9H19NO5S/c1-3-8(7-11)10-16(13,14)6-5-9(12)15-4-2/h8,10-11H,3-7H2,1-2H3. The monoisotopic (exact) mass is 253 g/mol. The molecule has 0 aliphatic rings. The number of nitrogens with one attached hydrogen (secondary N) is 1. The van der Waals surface area contributed by atoms with E-state index in [0.29, 0.717) is 6.42 Å². The Morgan fingerprint density at radius 1 is 1.44 bits per heavy atom. The average molecular weight is 253 g/mol. The fourth-order valence-electron chi connectivity index (χ4n) is 1.01. The number of rotatable bonds is 8.